The summed E-state index contributed by atoms with van der Waals surface area (Å²) in [4.78, 5) is 25.8. The first-order valence-corrected chi connectivity index (χ1v) is 14.6. The van der Waals surface area contributed by atoms with E-state index in [0.29, 0.717) is 18.1 Å². The normalized spacial score (nSPS) is 12.3. The van der Waals surface area contributed by atoms with E-state index < -0.39 is 44.8 Å². The van der Waals surface area contributed by atoms with Crippen LogP contribution in [0.25, 0.3) is 0 Å². The fourth-order valence-corrected chi connectivity index (χ4v) is 4.93. The van der Waals surface area contributed by atoms with Gasteiger partial charge < -0.3 is 14.8 Å². The van der Waals surface area contributed by atoms with Crippen LogP contribution in [0, 0.1) is 11.6 Å². The van der Waals surface area contributed by atoms with E-state index in [0.717, 1.165) is 23.8 Å². The van der Waals surface area contributed by atoms with Crippen molar-refractivity contribution in [1.82, 2.24) is 10.6 Å². The molecular formula is C32H27F3N2O5S. The lowest BCUT2D eigenvalue weighted by Crippen LogP contribution is -2.35. The molecule has 0 aliphatic carbocycles. The summed E-state index contributed by atoms with van der Waals surface area (Å²) < 4.78 is 72.2. The van der Waals surface area contributed by atoms with Gasteiger partial charge in [0.1, 0.15) is 17.4 Å². The van der Waals surface area contributed by atoms with Gasteiger partial charge in [0.05, 0.1) is 6.04 Å². The molecule has 11 heteroatoms. The summed E-state index contributed by atoms with van der Waals surface area (Å²) in [6, 6.07) is 24.2. The molecule has 7 nitrogen and oxygen atoms in total. The highest BCUT2D eigenvalue weighted by molar-refractivity contribution is 7.90. The van der Waals surface area contributed by atoms with E-state index in [1.165, 1.54) is 30.3 Å². The van der Waals surface area contributed by atoms with Crippen LogP contribution in [0.5, 0.6) is 5.75 Å². The number of aryl methyl sites for hydroxylation is 1. The Hall–Kier alpha value is -4.90. The largest absolute Gasteiger partial charge is 0.377 e. The second-order valence-electron chi connectivity index (χ2n) is 9.42. The first kappa shape index (κ1) is 31.0. The summed E-state index contributed by atoms with van der Waals surface area (Å²) >= 11 is 0. The number of hydrogen-bond donors (Lipinski definition) is 2. The number of carbonyl (C=O) groups excluding carboxylic acids is 2. The SMILES string of the molecule is O=C(NCc1ccccc1C(=O)N[C@H](/C=C(\F)S(=O)(=O)Oc1ccccc1)CCc1ccccc1)c1cc(F)cc(F)c1. The molecule has 0 fully saturated rings. The zero-order valence-electron chi connectivity index (χ0n) is 22.7. The van der Waals surface area contributed by atoms with Crippen LogP contribution in [0.1, 0.15) is 38.3 Å². The van der Waals surface area contributed by atoms with Crippen molar-refractivity contribution in [3.63, 3.8) is 0 Å². The Labute approximate surface area is 247 Å². The molecule has 222 valence electrons. The number of hydrogen-bond acceptors (Lipinski definition) is 5. The number of benzene rings is 4. The van der Waals surface area contributed by atoms with Crippen molar-refractivity contribution in [2.75, 3.05) is 0 Å². The molecule has 0 aliphatic rings. The minimum Gasteiger partial charge on any atom is -0.377 e. The van der Waals surface area contributed by atoms with Crippen LogP contribution in [0.3, 0.4) is 0 Å². The Morgan fingerprint density at radius 2 is 1.42 bits per heavy atom. The van der Waals surface area contributed by atoms with Crippen molar-refractivity contribution >= 4 is 21.9 Å². The van der Waals surface area contributed by atoms with E-state index in [4.69, 9.17) is 4.18 Å². The molecule has 4 aromatic carbocycles. The van der Waals surface area contributed by atoms with Gasteiger partial charge in [0, 0.05) is 23.7 Å². The zero-order chi connectivity index (χ0) is 30.8. The smallest absolute Gasteiger partial charge is 0.366 e. The van der Waals surface area contributed by atoms with Crippen molar-refractivity contribution in [3.05, 3.63) is 148 Å². The van der Waals surface area contributed by atoms with E-state index in [-0.39, 0.29) is 29.8 Å². The number of rotatable bonds is 12. The van der Waals surface area contributed by atoms with Crippen LogP contribution in [0.15, 0.2) is 114 Å². The molecule has 0 bridgehead atoms. The first-order valence-electron chi connectivity index (χ1n) is 13.1. The second kappa shape index (κ2) is 14.3. The molecule has 0 spiro atoms. The highest BCUT2D eigenvalue weighted by Crippen LogP contribution is 2.20. The lowest BCUT2D eigenvalue weighted by atomic mass is 10.0. The van der Waals surface area contributed by atoms with Crippen molar-refractivity contribution in [1.29, 1.82) is 0 Å². The van der Waals surface area contributed by atoms with Crippen molar-refractivity contribution < 1.29 is 35.4 Å². The predicted molar refractivity (Wildman–Crippen MR) is 155 cm³/mol. The fourth-order valence-electron chi connectivity index (χ4n) is 4.15. The quantitative estimate of drug-likeness (QED) is 0.197. The average molecular weight is 609 g/mol. The maximum atomic E-state index is 15.1. The molecule has 0 saturated carbocycles. The molecule has 0 radical (unpaired) electrons. The van der Waals surface area contributed by atoms with E-state index in [1.54, 1.807) is 24.3 Å². The van der Waals surface area contributed by atoms with Gasteiger partial charge in [-0.05, 0) is 60.4 Å². The number of halogens is 3. The summed E-state index contributed by atoms with van der Waals surface area (Å²) in [7, 11) is -4.81. The lowest BCUT2D eigenvalue weighted by molar-refractivity contribution is 0.0929. The fraction of sp³-hybridized carbons (Fsp3) is 0.125. The third-order valence-electron chi connectivity index (χ3n) is 6.25. The Morgan fingerprint density at radius 1 is 0.814 bits per heavy atom. The summed E-state index contributed by atoms with van der Waals surface area (Å²) in [5.41, 5.74) is 1.13. The van der Waals surface area contributed by atoms with Gasteiger partial charge in [-0.25, -0.2) is 8.78 Å². The number of para-hydroxylation sites is 1. The lowest BCUT2D eigenvalue weighted by Gasteiger charge is -2.18. The van der Waals surface area contributed by atoms with E-state index in [1.807, 2.05) is 30.3 Å². The molecule has 0 aromatic heterocycles. The molecular weight excluding hydrogens is 581 g/mol. The number of amides is 2. The summed E-state index contributed by atoms with van der Waals surface area (Å²) in [5, 5.41) is 3.61. The van der Waals surface area contributed by atoms with Crippen molar-refractivity contribution in [3.8, 4) is 5.75 Å². The van der Waals surface area contributed by atoms with Crippen molar-refractivity contribution in [2.45, 2.75) is 25.4 Å². The summed E-state index contributed by atoms with van der Waals surface area (Å²) in [6.45, 7) is -0.168. The number of nitrogens with one attached hydrogen (secondary N) is 2. The van der Waals surface area contributed by atoms with Gasteiger partial charge in [-0.15, -0.1) is 0 Å². The third-order valence-corrected chi connectivity index (χ3v) is 7.28. The molecule has 2 N–H and O–H groups in total. The minimum atomic E-state index is -4.81. The maximum Gasteiger partial charge on any atom is 0.366 e. The van der Waals surface area contributed by atoms with Crippen LogP contribution in [0.4, 0.5) is 13.2 Å². The zero-order valence-corrected chi connectivity index (χ0v) is 23.5. The molecule has 43 heavy (non-hydrogen) atoms. The van der Waals surface area contributed by atoms with Gasteiger partial charge in [-0.1, -0.05) is 66.7 Å². The van der Waals surface area contributed by atoms with Gasteiger partial charge in [0.15, 0.2) is 0 Å². The topological polar surface area (TPSA) is 102 Å². The Balaban J connectivity index is 1.52. The molecule has 2 amide bonds. The van der Waals surface area contributed by atoms with E-state index in [9.17, 15) is 26.8 Å². The maximum absolute atomic E-state index is 15.1. The Kier molecular flexibility index (Phi) is 10.3. The van der Waals surface area contributed by atoms with Gasteiger partial charge in [-0.3, -0.25) is 9.59 Å². The molecule has 4 aromatic rings. The highest BCUT2D eigenvalue weighted by Gasteiger charge is 2.24. The Morgan fingerprint density at radius 3 is 2.09 bits per heavy atom. The average Bonchev–Trinajstić information content (AvgIpc) is 2.99. The standard InChI is InChI=1S/C32H27F3N2O5S/c33-25-17-24(18-26(34)19-25)31(38)36-21-23-11-7-8-14-29(23)32(39)37-27(16-15-22-9-3-1-4-10-22)20-30(35)43(40,41)42-28-12-5-2-6-13-28/h1-14,17-20,27H,15-16,21H2,(H,36,38)(H,37,39)/b30-20+/t27-/m0/s1. The van der Waals surface area contributed by atoms with Gasteiger partial charge in [0.2, 0.25) is 0 Å². The molecule has 4 rings (SSSR count). The van der Waals surface area contributed by atoms with E-state index in [2.05, 4.69) is 10.6 Å². The third kappa shape index (κ3) is 9.04. The molecule has 0 heterocycles. The van der Waals surface area contributed by atoms with Crippen LogP contribution in [-0.4, -0.2) is 26.3 Å². The number of carbonyl (C=O) groups is 2. The van der Waals surface area contributed by atoms with Crippen molar-refractivity contribution in [2.24, 2.45) is 0 Å². The summed E-state index contributed by atoms with van der Waals surface area (Å²) in [6.07, 6.45) is 1.31. The predicted octanol–water partition coefficient (Wildman–Crippen LogP) is 5.85. The highest BCUT2D eigenvalue weighted by atomic mass is 32.2. The summed E-state index contributed by atoms with van der Waals surface area (Å²) in [5.74, 6) is -3.33. The monoisotopic (exact) mass is 608 g/mol. The molecule has 0 saturated heterocycles. The van der Waals surface area contributed by atoms with Crippen LogP contribution in [0.2, 0.25) is 0 Å². The van der Waals surface area contributed by atoms with Crippen LogP contribution < -0.4 is 14.8 Å². The van der Waals surface area contributed by atoms with Gasteiger partial charge in [0.25, 0.3) is 17.0 Å². The van der Waals surface area contributed by atoms with Crippen LogP contribution in [-0.2, 0) is 23.1 Å². The first-order chi connectivity index (χ1) is 20.6. The molecule has 0 unspecified atom stereocenters. The van der Waals surface area contributed by atoms with Crippen LogP contribution >= 0.6 is 0 Å². The molecule has 0 aliphatic heterocycles. The Bertz CT molecular complexity index is 1700. The second-order valence-corrected chi connectivity index (χ2v) is 10.9. The molecule has 1 atom stereocenters. The van der Waals surface area contributed by atoms with E-state index >= 15 is 4.39 Å². The minimum absolute atomic E-state index is 0.0760. The van der Waals surface area contributed by atoms with Gasteiger partial charge >= 0.3 is 10.1 Å². The van der Waals surface area contributed by atoms with Gasteiger partial charge in [-0.2, -0.15) is 12.8 Å².